The quantitative estimate of drug-likeness (QED) is 0.0241. The molecular formula is C63H96N10O12. The lowest BCUT2D eigenvalue weighted by molar-refractivity contribution is -0.148. The van der Waals surface area contributed by atoms with Gasteiger partial charge in [-0.15, -0.1) is 0 Å². The Bertz CT molecular complexity index is 2650. The van der Waals surface area contributed by atoms with E-state index < -0.39 is 72.1 Å². The number of hydrogen-bond acceptors (Lipinski definition) is 14. The predicted molar refractivity (Wildman–Crippen MR) is 326 cm³/mol. The molecule has 22 heteroatoms. The van der Waals surface area contributed by atoms with Gasteiger partial charge in [-0.3, -0.25) is 48.1 Å². The van der Waals surface area contributed by atoms with Gasteiger partial charge in [0.15, 0.2) is 0 Å². The molecule has 0 saturated carbocycles. The number of likely N-dealkylation sites (tertiary alicyclic amines) is 1. The molecular weight excluding hydrogens is 1090 g/mol. The fraction of sp³-hybridized carbons (Fsp3) is 0.587. The summed E-state index contributed by atoms with van der Waals surface area (Å²) in [6.45, 7) is 17.7. The van der Waals surface area contributed by atoms with Gasteiger partial charge < -0.3 is 56.3 Å². The highest BCUT2D eigenvalue weighted by Crippen LogP contribution is 2.30. The van der Waals surface area contributed by atoms with Gasteiger partial charge in [-0.25, -0.2) is 5.48 Å². The van der Waals surface area contributed by atoms with Crippen molar-refractivity contribution in [1.82, 2.24) is 41.4 Å². The van der Waals surface area contributed by atoms with Crippen molar-refractivity contribution in [2.24, 2.45) is 23.7 Å². The fourth-order valence-electron chi connectivity index (χ4n) is 10.8. The summed E-state index contributed by atoms with van der Waals surface area (Å²) >= 11 is 0. The molecule has 0 unspecified atom stereocenters. The van der Waals surface area contributed by atoms with Crippen molar-refractivity contribution in [2.45, 2.75) is 156 Å². The number of carbonyl (C=O) groups is 8. The summed E-state index contributed by atoms with van der Waals surface area (Å²) in [4.78, 5) is 119. The van der Waals surface area contributed by atoms with Crippen LogP contribution >= 0.6 is 0 Å². The molecule has 470 valence electrons. The van der Waals surface area contributed by atoms with E-state index in [1.807, 2.05) is 97.8 Å². The minimum absolute atomic E-state index is 0.00567. The second-order valence-electron chi connectivity index (χ2n) is 23.1. The van der Waals surface area contributed by atoms with Gasteiger partial charge in [-0.2, -0.15) is 0 Å². The van der Waals surface area contributed by atoms with Crippen LogP contribution in [-0.2, 0) is 65.6 Å². The number of hydrogen-bond donors (Lipinski definition) is 7. The van der Waals surface area contributed by atoms with E-state index >= 15 is 0 Å². The number of anilines is 2. The fourth-order valence-corrected chi connectivity index (χ4v) is 10.8. The molecule has 1 aliphatic rings. The van der Waals surface area contributed by atoms with Crippen molar-refractivity contribution in [3.8, 4) is 0 Å². The van der Waals surface area contributed by atoms with Crippen LogP contribution in [0, 0.1) is 30.6 Å². The smallest absolute Gasteiger partial charge is 0.266 e. The average molecular weight is 1190 g/mol. The van der Waals surface area contributed by atoms with Crippen LogP contribution in [-0.4, -0.2) is 172 Å². The molecule has 3 aromatic carbocycles. The highest BCUT2D eigenvalue weighted by Gasteiger charge is 2.44. The number of likely N-dealkylation sites (N-methyl/N-ethyl adjacent to an activating group) is 2. The predicted octanol–water partition coefficient (Wildman–Crippen LogP) is 4.78. The van der Waals surface area contributed by atoms with Gasteiger partial charge in [0.1, 0.15) is 18.1 Å². The van der Waals surface area contributed by atoms with Gasteiger partial charge in [0.25, 0.3) is 11.8 Å². The van der Waals surface area contributed by atoms with Crippen molar-refractivity contribution in [3.05, 3.63) is 95.1 Å². The van der Waals surface area contributed by atoms with E-state index in [1.54, 1.807) is 73.2 Å². The number of aryl methyl sites for hydroxylation is 1. The standard InChI is InChI=1S/C63H96N10O12/c1-15-40(6)56(72(12)63(81)54(38(2)3)69-62(80)55(39(4)5)71(10)11)51(82-13)36-53(75)73-31-19-22-50(73)57(83-14)42(8)58(76)68-49(35-44-20-17-16-18-21-44)61(79)70-85-37-45-23-26-47(27-24-45)67-59(77)43(9)66-52(74)29-32-84-33-30-65-60(78)46-25-28-48(64)41(7)34-46/h16-18,20-21,23-28,34,38-40,42-43,49-51,54-57H,15,19,22,29-33,35-37,64H2,1-14H3,(H,65,78)(H,66,74)(H,67,77)(H,68,76)(H,69,80)(H,70,79)/t40-,42+,43+,49-,50-,51+,54-,55-,56-,57+/m0/s1. The maximum atomic E-state index is 14.5. The first kappa shape index (κ1) is 70.5. The van der Waals surface area contributed by atoms with E-state index in [2.05, 4.69) is 32.1 Å². The third kappa shape index (κ3) is 21.2. The molecule has 0 bridgehead atoms. The third-order valence-electron chi connectivity index (χ3n) is 15.8. The Kier molecular flexibility index (Phi) is 28.9. The number of nitrogens with two attached hydrogens (primary N) is 1. The summed E-state index contributed by atoms with van der Waals surface area (Å²) in [6.07, 6.45) is 0.556. The van der Waals surface area contributed by atoms with Gasteiger partial charge in [0, 0.05) is 64.1 Å². The highest BCUT2D eigenvalue weighted by molar-refractivity contribution is 5.97. The zero-order valence-electron chi connectivity index (χ0n) is 52.5. The topological polar surface area (TPSA) is 281 Å². The molecule has 4 rings (SSSR count). The Balaban J connectivity index is 1.32. The Hall–Kier alpha value is -6.98. The van der Waals surface area contributed by atoms with Crippen LogP contribution in [0.25, 0.3) is 0 Å². The second-order valence-corrected chi connectivity index (χ2v) is 23.1. The average Bonchev–Trinajstić information content (AvgIpc) is 4.24. The lowest BCUT2D eigenvalue weighted by Crippen LogP contribution is -2.59. The van der Waals surface area contributed by atoms with E-state index in [4.69, 9.17) is 24.8 Å². The molecule has 1 heterocycles. The van der Waals surface area contributed by atoms with Crippen LogP contribution in [0.3, 0.4) is 0 Å². The van der Waals surface area contributed by atoms with Crippen molar-refractivity contribution >= 4 is 58.6 Å². The van der Waals surface area contributed by atoms with Crippen molar-refractivity contribution in [3.63, 3.8) is 0 Å². The molecule has 1 saturated heterocycles. The van der Waals surface area contributed by atoms with Crippen LogP contribution in [0.2, 0.25) is 0 Å². The zero-order valence-corrected chi connectivity index (χ0v) is 52.5. The molecule has 22 nitrogen and oxygen atoms in total. The number of carbonyl (C=O) groups excluding carboxylic acids is 8. The van der Waals surface area contributed by atoms with Crippen molar-refractivity contribution in [1.29, 1.82) is 0 Å². The molecule has 0 aliphatic carbocycles. The van der Waals surface area contributed by atoms with Crippen LogP contribution in [0.4, 0.5) is 11.4 Å². The number of nitrogens with one attached hydrogen (secondary N) is 6. The molecule has 8 N–H and O–H groups in total. The van der Waals surface area contributed by atoms with Crippen molar-refractivity contribution < 1.29 is 57.4 Å². The summed E-state index contributed by atoms with van der Waals surface area (Å²) in [5, 5.41) is 14.1. The van der Waals surface area contributed by atoms with Gasteiger partial charge in [0.05, 0.1) is 62.5 Å². The largest absolute Gasteiger partial charge is 0.399 e. The van der Waals surface area contributed by atoms with E-state index in [0.29, 0.717) is 48.3 Å². The van der Waals surface area contributed by atoms with Gasteiger partial charge in [-0.05, 0) is 106 Å². The number of ether oxygens (including phenoxy) is 3. The summed E-state index contributed by atoms with van der Waals surface area (Å²) < 4.78 is 17.6. The first-order chi connectivity index (χ1) is 40.3. The normalized spacial score (nSPS) is 16.5. The zero-order chi connectivity index (χ0) is 63.1. The number of benzene rings is 3. The van der Waals surface area contributed by atoms with E-state index in [1.165, 1.54) is 14.2 Å². The Morgan fingerprint density at radius 1 is 0.765 bits per heavy atom. The van der Waals surface area contributed by atoms with Crippen LogP contribution in [0.15, 0.2) is 72.8 Å². The lowest BCUT2D eigenvalue weighted by Gasteiger charge is -2.41. The number of amides is 8. The van der Waals surface area contributed by atoms with Gasteiger partial charge >= 0.3 is 0 Å². The maximum Gasteiger partial charge on any atom is 0.266 e. The number of rotatable bonds is 34. The number of hydroxylamine groups is 1. The SMILES string of the molecule is CC[C@H](C)[C@@H]([C@@H](CC(=O)N1CCC[C@H]1[C@H](OC)[C@@H](C)C(=O)N[C@@H](Cc1ccccc1)C(=O)NOCc1ccc(NC(=O)[C@@H](C)NC(=O)CCOCCNC(=O)c2ccc(N)c(C)c2)cc1)OC)N(C)C(=O)[C@@H](NC(=O)[C@H](C(C)C)N(C)C)C(C)C. The van der Waals surface area contributed by atoms with E-state index in [-0.39, 0.29) is 92.9 Å². The number of nitrogen functional groups attached to an aromatic ring is 1. The van der Waals surface area contributed by atoms with E-state index in [9.17, 15) is 38.4 Å². The molecule has 1 aliphatic heterocycles. The molecule has 3 aromatic rings. The Morgan fingerprint density at radius 3 is 2.05 bits per heavy atom. The summed E-state index contributed by atoms with van der Waals surface area (Å²) in [5.74, 6) is -4.01. The lowest BCUT2D eigenvalue weighted by atomic mass is 9.89. The summed E-state index contributed by atoms with van der Waals surface area (Å²) in [7, 11) is 8.42. The minimum Gasteiger partial charge on any atom is -0.399 e. The molecule has 1 fully saturated rings. The van der Waals surface area contributed by atoms with Gasteiger partial charge in [0.2, 0.25) is 35.4 Å². The third-order valence-corrected chi connectivity index (χ3v) is 15.8. The van der Waals surface area contributed by atoms with Crippen LogP contribution < -0.4 is 37.8 Å². The first-order valence-corrected chi connectivity index (χ1v) is 29.6. The first-order valence-electron chi connectivity index (χ1n) is 29.6. The Morgan fingerprint density at radius 2 is 1.45 bits per heavy atom. The summed E-state index contributed by atoms with van der Waals surface area (Å²) in [6, 6.07) is 16.8. The molecule has 85 heavy (non-hydrogen) atoms. The number of methoxy groups -OCH3 is 2. The maximum absolute atomic E-state index is 14.5. The molecule has 0 spiro atoms. The van der Waals surface area contributed by atoms with Gasteiger partial charge in [-0.1, -0.05) is 97.4 Å². The monoisotopic (exact) mass is 1180 g/mol. The highest BCUT2D eigenvalue weighted by atomic mass is 16.7. The summed E-state index contributed by atoms with van der Waals surface area (Å²) in [5.41, 5.74) is 12.1. The molecule has 0 radical (unpaired) electrons. The van der Waals surface area contributed by atoms with Crippen molar-refractivity contribution in [2.75, 3.05) is 72.7 Å². The minimum atomic E-state index is -1.07. The second kappa shape index (κ2) is 34.8. The molecule has 0 aromatic heterocycles. The van der Waals surface area contributed by atoms with E-state index in [0.717, 1.165) is 11.1 Å². The molecule has 10 atom stereocenters. The Labute approximate surface area is 503 Å². The number of nitrogens with zero attached hydrogens (tertiary/aromatic N) is 3. The molecule has 8 amide bonds. The van der Waals surface area contributed by atoms with Crippen LogP contribution in [0.1, 0.15) is 115 Å². The van der Waals surface area contributed by atoms with Crippen LogP contribution in [0.5, 0.6) is 0 Å².